The van der Waals surface area contributed by atoms with Crippen LogP contribution in [0.1, 0.15) is 23.7 Å². The Bertz CT molecular complexity index is 1050. The van der Waals surface area contributed by atoms with Gasteiger partial charge in [-0.2, -0.15) is 0 Å². The summed E-state index contributed by atoms with van der Waals surface area (Å²) in [7, 11) is 2.13. The Hall–Kier alpha value is -2.17. The quantitative estimate of drug-likeness (QED) is 0.554. The van der Waals surface area contributed by atoms with Gasteiger partial charge in [0.05, 0.1) is 5.52 Å². The number of nitrogens with zero attached hydrogens (tertiary/aromatic N) is 2. The number of fused-ring (bicyclic) bond motifs is 3. The van der Waals surface area contributed by atoms with Crippen molar-refractivity contribution in [3.63, 3.8) is 0 Å². The first-order chi connectivity index (χ1) is 12.9. The van der Waals surface area contributed by atoms with Gasteiger partial charge in [-0.25, -0.2) is 8.78 Å². The van der Waals surface area contributed by atoms with Crippen LogP contribution in [0.5, 0.6) is 0 Å². The maximum atomic E-state index is 13.7. The highest BCUT2D eigenvalue weighted by Gasteiger charge is 2.20. The summed E-state index contributed by atoms with van der Waals surface area (Å²) < 4.78 is 29.1. The van der Waals surface area contributed by atoms with Gasteiger partial charge in [0.25, 0.3) is 0 Å². The van der Waals surface area contributed by atoms with E-state index >= 15 is 0 Å². The molecule has 0 N–H and O–H groups in total. The summed E-state index contributed by atoms with van der Waals surface area (Å²) in [5, 5.41) is 1.89. The monoisotopic (exact) mass is 386 g/mol. The first-order valence-corrected chi connectivity index (χ1v) is 9.45. The Balaban J connectivity index is 1.89. The van der Waals surface area contributed by atoms with Crippen LogP contribution in [0.4, 0.5) is 8.78 Å². The second kappa shape index (κ2) is 7.10. The van der Waals surface area contributed by atoms with Crippen LogP contribution in [0, 0.1) is 11.6 Å². The molecule has 1 aliphatic heterocycles. The summed E-state index contributed by atoms with van der Waals surface area (Å²) >= 11 is 6.26. The minimum absolute atomic E-state index is 0.671. The molecule has 2 heterocycles. The molecular formula is C22H21ClF2N2. The largest absolute Gasteiger partial charge is 0.320 e. The van der Waals surface area contributed by atoms with Gasteiger partial charge in [0.15, 0.2) is 11.6 Å². The second-order valence-corrected chi connectivity index (χ2v) is 7.64. The van der Waals surface area contributed by atoms with E-state index in [-0.39, 0.29) is 0 Å². The van der Waals surface area contributed by atoms with E-state index in [2.05, 4.69) is 16.5 Å². The Morgan fingerprint density at radius 1 is 1.04 bits per heavy atom. The van der Waals surface area contributed by atoms with Crippen LogP contribution in [0.25, 0.3) is 22.7 Å². The second-order valence-electron chi connectivity index (χ2n) is 7.20. The Morgan fingerprint density at radius 2 is 1.81 bits per heavy atom. The molecular weight excluding hydrogens is 366 g/mol. The zero-order valence-electron chi connectivity index (χ0n) is 15.4. The van der Waals surface area contributed by atoms with Crippen molar-refractivity contribution in [2.75, 3.05) is 20.1 Å². The predicted molar refractivity (Wildman–Crippen MR) is 108 cm³/mol. The fourth-order valence-electron chi connectivity index (χ4n) is 3.82. The van der Waals surface area contributed by atoms with E-state index in [1.165, 1.54) is 28.8 Å². The van der Waals surface area contributed by atoms with Crippen LogP contribution >= 0.6 is 11.6 Å². The van der Waals surface area contributed by atoms with Crippen LogP contribution in [-0.4, -0.2) is 29.6 Å². The maximum absolute atomic E-state index is 13.7. The summed E-state index contributed by atoms with van der Waals surface area (Å²) in [5.74, 6) is -1.66. The Morgan fingerprint density at radius 3 is 2.59 bits per heavy atom. The van der Waals surface area contributed by atoms with Crippen molar-refractivity contribution in [3.8, 4) is 0 Å². The number of halogens is 3. The topological polar surface area (TPSA) is 8.17 Å². The summed E-state index contributed by atoms with van der Waals surface area (Å²) in [5.41, 5.74) is 5.23. The molecule has 2 aromatic carbocycles. The van der Waals surface area contributed by atoms with E-state index in [9.17, 15) is 8.78 Å². The van der Waals surface area contributed by atoms with Crippen molar-refractivity contribution < 1.29 is 8.78 Å². The van der Waals surface area contributed by atoms with Crippen LogP contribution in [0.15, 0.2) is 36.4 Å². The number of hydrogen-bond donors (Lipinski definition) is 0. The van der Waals surface area contributed by atoms with Gasteiger partial charge in [0.2, 0.25) is 0 Å². The molecule has 27 heavy (non-hydrogen) atoms. The fraction of sp³-hybridized carbons (Fsp3) is 0.273. The molecule has 140 valence electrons. The average molecular weight is 387 g/mol. The Labute approximate surface area is 162 Å². The summed E-state index contributed by atoms with van der Waals surface area (Å²) in [6.07, 6.45) is 3.92. The highest BCUT2D eigenvalue weighted by Crippen LogP contribution is 2.32. The van der Waals surface area contributed by atoms with E-state index in [0.29, 0.717) is 5.56 Å². The smallest absolute Gasteiger partial charge is 0.159 e. The highest BCUT2D eigenvalue weighted by atomic mass is 35.5. The van der Waals surface area contributed by atoms with Gasteiger partial charge in [-0.1, -0.05) is 17.7 Å². The minimum atomic E-state index is -0.829. The van der Waals surface area contributed by atoms with E-state index in [0.717, 1.165) is 42.0 Å². The summed E-state index contributed by atoms with van der Waals surface area (Å²) in [6.45, 7) is 3.91. The molecule has 0 saturated heterocycles. The molecule has 0 saturated carbocycles. The normalized spacial score (nSPS) is 15.8. The van der Waals surface area contributed by atoms with Gasteiger partial charge in [0.1, 0.15) is 0 Å². The van der Waals surface area contributed by atoms with Crippen LogP contribution in [0.2, 0.25) is 5.02 Å². The third kappa shape index (κ3) is 3.40. The SMILES string of the molecule is CC(=Cn1c2c(c3cc(Cl)ccc31)CCN(C)CC2)c1ccc(F)c(F)c1. The zero-order chi connectivity index (χ0) is 19.1. The van der Waals surface area contributed by atoms with Crippen molar-refractivity contribution >= 4 is 34.3 Å². The molecule has 2 nitrogen and oxygen atoms in total. The van der Waals surface area contributed by atoms with Crippen LogP contribution in [-0.2, 0) is 12.8 Å². The number of allylic oxidation sites excluding steroid dienone is 1. The molecule has 0 unspecified atom stereocenters. The molecule has 0 aliphatic carbocycles. The molecule has 1 aliphatic rings. The van der Waals surface area contributed by atoms with Crippen molar-refractivity contribution in [1.29, 1.82) is 0 Å². The first-order valence-electron chi connectivity index (χ1n) is 9.07. The molecule has 5 heteroatoms. The van der Waals surface area contributed by atoms with Crippen molar-refractivity contribution in [3.05, 3.63) is 69.9 Å². The Kier molecular flexibility index (Phi) is 4.79. The number of likely N-dealkylation sites (N-methyl/N-ethyl adjacent to an activating group) is 1. The molecule has 0 bridgehead atoms. The number of benzene rings is 2. The third-order valence-corrected chi connectivity index (χ3v) is 5.59. The van der Waals surface area contributed by atoms with E-state index < -0.39 is 11.6 Å². The third-order valence-electron chi connectivity index (χ3n) is 5.35. The number of rotatable bonds is 2. The molecule has 0 amide bonds. The number of hydrogen-bond acceptors (Lipinski definition) is 1. The van der Waals surface area contributed by atoms with E-state index in [4.69, 9.17) is 11.6 Å². The summed E-state index contributed by atoms with van der Waals surface area (Å²) in [4.78, 5) is 2.33. The zero-order valence-corrected chi connectivity index (χ0v) is 16.2. The van der Waals surface area contributed by atoms with Gasteiger partial charge < -0.3 is 9.47 Å². The standard InChI is InChI=1S/C22H21ClF2N2/c1-14(15-3-5-19(24)20(25)11-15)13-27-21-6-4-16(23)12-18(21)17-7-9-26(2)10-8-22(17)27/h3-6,11-13H,7-10H2,1-2H3. The lowest BCUT2D eigenvalue weighted by atomic mass is 10.1. The van der Waals surface area contributed by atoms with Gasteiger partial charge >= 0.3 is 0 Å². The predicted octanol–water partition coefficient (Wildman–Crippen LogP) is 5.62. The number of aromatic nitrogens is 1. The van der Waals surface area contributed by atoms with Gasteiger partial charge in [-0.3, -0.25) is 0 Å². The van der Waals surface area contributed by atoms with E-state index in [1.54, 1.807) is 6.07 Å². The van der Waals surface area contributed by atoms with E-state index in [1.807, 2.05) is 31.3 Å². The lowest BCUT2D eigenvalue weighted by Crippen LogP contribution is -2.21. The van der Waals surface area contributed by atoms with Gasteiger partial charge in [-0.05, 0) is 67.4 Å². The molecule has 0 fully saturated rings. The first kappa shape index (κ1) is 18.2. The fourth-order valence-corrected chi connectivity index (χ4v) is 4.00. The van der Waals surface area contributed by atoms with Gasteiger partial charge in [0, 0.05) is 41.8 Å². The van der Waals surface area contributed by atoms with Crippen molar-refractivity contribution in [1.82, 2.24) is 9.47 Å². The van der Waals surface area contributed by atoms with Gasteiger partial charge in [-0.15, -0.1) is 0 Å². The molecule has 3 aromatic rings. The lowest BCUT2D eigenvalue weighted by Gasteiger charge is -2.13. The van der Waals surface area contributed by atoms with Crippen LogP contribution in [0.3, 0.4) is 0 Å². The van der Waals surface area contributed by atoms with Crippen LogP contribution < -0.4 is 0 Å². The molecule has 0 radical (unpaired) electrons. The molecule has 0 spiro atoms. The highest BCUT2D eigenvalue weighted by molar-refractivity contribution is 6.31. The molecule has 1 aromatic heterocycles. The maximum Gasteiger partial charge on any atom is 0.159 e. The molecule has 4 rings (SSSR count). The van der Waals surface area contributed by atoms with Crippen molar-refractivity contribution in [2.45, 2.75) is 19.8 Å². The average Bonchev–Trinajstić information content (AvgIpc) is 2.78. The lowest BCUT2D eigenvalue weighted by molar-refractivity contribution is 0.351. The molecule has 0 atom stereocenters. The summed E-state index contributed by atoms with van der Waals surface area (Å²) in [6, 6.07) is 9.98. The van der Waals surface area contributed by atoms with Crippen molar-refractivity contribution in [2.24, 2.45) is 0 Å². The minimum Gasteiger partial charge on any atom is -0.320 e.